The summed E-state index contributed by atoms with van der Waals surface area (Å²) >= 11 is 5.91. The number of nitrogens with zero attached hydrogens (tertiary/aromatic N) is 3. The molecule has 188 valence electrons. The molecule has 1 aliphatic heterocycles. The number of sulfonamides is 1. The van der Waals surface area contributed by atoms with Gasteiger partial charge in [0, 0.05) is 31.2 Å². The third kappa shape index (κ3) is 4.52. The van der Waals surface area contributed by atoms with Crippen molar-refractivity contribution in [3.8, 4) is 11.7 Å². The van der Waals surface area contributed by atoms with Crippen molar-refractivity contribution < 1.29 is 30.1 Å². The number of hydrogen-bond donors (Lipinski definition) is 0. The van der Waals surface area contributed by atoms with Crippen LogP contribution in [0.15, 0.2) is 90.6 Å². The molecule has 0 aliphatic carbocycles. The van der Waals surface area contributed by atoms with Gasteiger partial charge in [-0.25, -0.2) is 21.2 Å². The lowest BCUT2D eigenvalue weighted by molar-refractivity contribution is 0.372. The van der Waals surface area contributed by atoms with Crippen molar-refractivity contribution in [2.24, 2.45) is 0 Å². The summed E-state index contributed by atoms with van der Waals surface area (Å²) in [5.74, 6) is -0.475. The Hall–Kier alpha value is -3.19. The Bertz CT molecular complexity index is 1600. The van der Waals surface area contributed by atoms with E-state index in [9.17, 15) is 21.2 Å². The van der Waals surface area contributed by atoms with Gasteiger partial charge in [0.05, 0.1) is 16.1 Å². The highest BCUT2D eigenvalue weighted by Gasteiger charge is 2.35. The Balaban J connectivity index is 1.47. The number of piperazine rings is 1. The summed E-state index contributed by atoms with van der Waals surface area (Å²) < 4.78 is 78.9. The number of aromatic nitrogens is 1. The van der Waals surface area contributed by atoms with Crippen LogP contribution in [0.3, 0.4) is 0 Å². The standard InChI is InChI=1S/C23H19ClFN3O6S2/c24-16-6-8-18(9-7-16)35(29,30)22-23(34-21(26-22)20-5-2-14-33-20)27-10-12-28(13-11-27)36(31,32)19-4-1-3-17(25)15-19/h1-9,14-15H,10-13H2. The predicted octanol–water partition coefficient (Wildman–Crippen LogP) is 4.07. The summed E-state index contributed by atoms with van der Waals surface area (Å²) in [6.07, 6.45) is 1.41. The van der Waals surface area contributed by atoms with Crippen molar-refractivity contribution >= 4 is 37.3 Å². The van der Waals surface area contributed by atoms with Gasteiger partial charge in [-0.2, -0.15) is 9.29 Å². The van der Waals surface area contributed by atoms with Crippen LogP contribution in [0.1, 0.15) is 0 Å². The lowest BCUT2D eigenvalue weighted by atomic mass is 10.3. The average molecular weight is 552 g/mol. The van der Waals surface area contributed by atoms with Gasteiger partial charge < -0.3 is 13.7 Å². The van der Waals surface area contributed by atoms with Gasteiger partial charge in [0.1, 0.15) is 5.82 Å². The van der Waals surface area contributed by atoms with Gasteiger partial charge in [-0.15, -0.1) is 0 Å². The van der Waals surface area contributed by atoms with E-state index in [1.165, 1.54) is 53.0 Å². The van der Waals surface area contributed by atoms with Crippen molar-refractivity contribution in [3.05, 3.63) is 77.8 Å². The minimum absolute atomic E-state index is 0.0239. The second-order valence-corrected chi connectivity index (χ2v) is 12.2. The lowest BCUT2D eigenvalue weighted by Gasteiger charge is -2.33. The summed E-state index contributed by atoms with van der Waals surface area (Å²) in [6.45, 7) is 0.279. The molecule has 36 heavy (non-hydrogen) atoms. The number of benzene rings is 2. The number of halogens is 2. The molecule has 13 heteroatoms. The minimum Gasteiger partial charge on any atom is -0.459 e. The van der Waals surface area contributed by atoms with Crippen LogP contribution in [-0.2, 0) is 19.9 Å². The summed E-state index contributed by atoms with van der Waals surface area (Å²) in [5.41, 5.74) is 0. The van der Waals surface area contributed by atoms with Crippen LogP contribution in [0.25, 0.3) is 11.7 Å². The quantitative estimate of drug-likeness (QED) is 0.352. The molecule has 0 atom stereocenters. The molecule has 0 N–H and O–H groups in total. The van der Waals surface area contributed by atoms with Crippen molar-refractivity contribution in [2.75, 3.05) is 31.1 Å². The number of hydrogen-bond acceptors (Lipinski definition) is 8. The molecule has 9 nitrogen and oxygen atoms in total. The first-order chi connectivity index (χ1) is 17.2. The predicted molar refractivity (Wildman–Crippen MR) is 128 cm³/mol. The Morgan fingerprint density at radius 1 is 0.889 bits per heavy atom. The highest BCUT2D eigenvalue weighted by atomic mass is 35.5. The van der Waals surface area contributed by atoms with E-state index in [1.807, 2.05) is 0 Å². The monoisotopic (exact) mass is 551 g/mol. The molecule has 5 rings (SSSR count). The topological polar surface area (TPSA) is 114 Å². The lowest BCUT2D eigenvalue weighted by Crippen LogP contribution is -2.48. The van der Waals surface area contributed by atoms with E-state index in [4.69, 9.17) is 20.4 Å². The molecule has 1 saturated heterocycles. The molecule has 0 amide bonds. The van der Waals surface area contributed by atoms with E-state index in [2.05, 4.69) is 4.98 Å². The van der Waals surface area contributed by atoms with Gasteiger partial charge in [0.2, 0.25) is 30.8 Å². The zero-order chi connectivity index (χ0) is 25.5. The number of furan rings is 1. The Labute approximate surface area is 211 Å². The molecule has 0 spiro atoms. The summed E-state index contributed by atoms with van der Waals surface area (Å²) in [5, 5.41) is 0.0545. The fourth-order valence-electron chi connectivity index (χ4n) is 3.81. The van der Waals surface area contributed by atoms with Gasteiger partial charge in [0.25, 0.3) is 5.89 Å². The normalized spacial score (nSPS) is 15.3. The summed E-state index contributed by atoms with van der Waals surface area (Å²) in [6, 6.07) is 13.6. The van der Waals surface area contributed by atoms with Crippen LogP contribution < -0.4 is 4.90 Å². The Morgan fingerprint density at radius 3 is 2.25 bits per heavy atom. The van der Waals surface area contributed by atoms with Gasteiger partial charge in [-0.3, -0.25) is 0 Å². The van der Waals surface area contributed by atoms with Crippen LogP contribution in [0.4, 0.5) is 10.3 Å². The van der Waals surface area contributed by atoms with Gasteiger partial charge in [0.15, 0.2) is 5.76 Å². The fraction of sp³-hybridized carbons (Fsp3) is 0.174. The largest absolute Gasteiger partial charge is 0.459 e. The Kier molecular flexibility index (Phi) is 6.37. The number of sulfone groups is 1. The van der Waals surface area contributed by atoms with Crippen LogP contribution in [0.2, 0.25) is 5.02 Å². The maximum absolute atomic E-state index is 13.6. The molecular weight excluding hydrogens is 533 g/mol. The summed E-state index contributed by atoms with van der Waals surface area (Å²) in [4.78, 5) is 5.66. The first kappa shape index (κ1) is 24.5. The SMILES string of the molecule is O=S(=O)(c1ccc(Cl)cc1)c1nc(-c2ccco2)oc1N1CCN(S(=O)(=O)c2cccc(F)c2)CC1. The second-order valence-electron chi connectivity index (χ2n) is 7.91. The van der Waals surface area contributed by atoms with E-state index in [0.29, 0.717) is 5.02 Å². The zero-order valence-corrected chi connectivity index (χ0v) is 20.9. The molecule has 1 aliphatic rings. The molecule has 0 bridgehead atoms. The highest BCUT2D eigenvalue weighted by Crippen LogP contribution is 2.36. The number of rotatable bonds is 6. The third-order valence-corrected chi connectivity index (χ3v) is 9.46. The third-order valence-electron chi connectivity index (χ3n) is 5.65. The van der Waals surface area contributed by atoms with E-state index >= 15 is 0 Å². The molecule has 0 saturated carbocycles. The second kappa shape index (κ2) is 9.36. The van der Waals surface area contributed by atoms with Gasteiger partial charge >= 0.3 is 0 Å². The van der Waals surface area contributed by atoms with Crippen LogP contribution >= 0.6 is 11.6 Å². The smallest absolute Gasteiger partial charge is 0.266 e. The maximum Gasteiger partial charge on any atom is 0.266 e. The molecule has 3 heterocycles. The van der Waals surface area contributed by atoms with Gasteiger partial charge in [-0.1, -0.05) is 17.7 Å². The van der Waals surface area contributed by atoms with E-state index in [1.54, 1.807) is 17.0 Å². The molecular formula is C23H19ClFN3O6S2. The van der Waals surface area contributed by atoms with Crippen molar-refractivity contribution in [3.63, 3.8) is 0 Å². The molecule has 0 radical (unpaired) electrons. The number of oxazole rings is 1. The molecule has 1 fully saturated rings. The Morgan fingerprint density at radius 2 is 1.61 bits per heavy atom. The van der Waals surface area contributed by atoms with Crippen molar-refractivity contribution in [1.29, 1.82) is 0 Å². The first-order valence-corrected chi connectivity index (χ1v) is 14.0. The molecule has 2 aromatic heterocycles. The molecule has 0 unspecified atom stereocenters. The van der Waals surface area contributed by atoms with Gasteiger partial charge in [-0.05, 0) is 54.6 Å². The highest BCUT2D eigenvalue weighted by molar-refractivity contribution is 7.91. The zero-order valence-electron chi connectivity index (χ0n) is 18.5. The average Bonchev–Trinajstić information content (AvgIpc) is 3.55. The minimum atomic E-state index is -4.12. The molecule has 2 aromatic carbocycles. The van der Waals surface area contributed by atoms with E-state index in [0.717, 1.165) is 6.07 Å². The van der Waals surface area contributed by atoms with Crippen LogP contribution in [0, 0.1) is 5.82 Å². The first-order valence-electron chi connectivity index (χ1n) is 10.7. The van der Waals surface area contributed by atoms with Crippen molar-refractivity contribution in [2.45, 2.75) is 14.8 Å². The van der Waals surface area contributed by atoms with Crippen LogP contribution in [-0.4, -0.2) is 52.3 Å². The van der Waals surface area contributed by atoms with E-state index < -0.39 is 25.7 Å². The number of anilines is 1. The van der Waals surface area contributed by atoms with Crippen molar-refractivity contribution in [1.82, 2.24) is 9.29 Å². The maximum atomic E-state index is 13.6. The van der Waals surface area contributed by atoms with E-state index in [-0.39, 0.29) is 58.5 Å². The van der Waals surface area contributed by atoms with Crippen LogP contribution in [0.5, 0.6) is 0 Å². The fourth-order valence-corrected chi connectivity index (χ4v) is 6.71. The molecule has 4 aromatic rings. The summed E-state index contributed by atoms with van der Waals surface area (Å²) in [7, 11) is -8.05.